The van der Waals surface area contributed by atoms with Crippen molar-refractivity contribution in [3.05, 3.63) is 53.5 Å². The molecular formula is C16H12F2N2OS. The van der Waals surface area contributed by atoms with Gasteiger partial charge >= 0.3 is 6.61 Å². The highest BCUT2D eigenvalue weighted by molar-refractivity contribution is 7.15. The Kier molecular flexibility index (Phi) is 4.11. The van der Waals surface area contributed by atoms with E-state index in [1.54, 1.807) is 29.7 Å². The fourth-order valence-corrected chi connectivity index (χ4v) is 2.97. The molecule has 0 aliphatic carbocycles. The number of halogens is 2. The minimum absolute atomic E-state index is 0.136. The first kappa shape index (κ1) is 14.6. The van der Waals surface area contributed by atoms with Crippen LogP contribution in [-0.4, -0.2) is 16.6 Å². The number of nitrogens with zero attached hydrogens (tertiary/aromatic N) is 2. The monoisotopic (exact) mass is 318 g/mol. The van der Waals surface area contributed by atoms with Crippen LogP contribution in [0, 0.1) is 6.92 Å². The van der Waals surface area contributed by atoms with E-state index in [0.717, 1.165) is 26.8 Å². The maximum absolute atomic E-state index is 12.2. The minimum atomic E-state index is -2.82. The lowest BCUT2D eigenvalue weighted by Crippen LogP contribution is -2.01. The molecule has 0 bridgehead atoms. The van der Waals surface area contributed by atoms with E-state index in [9.17, 15) is 8.78 Å². The van der Waals surface area contributed by atoms with Crippen LogP contribution in [0.1, 0.15) is 4.88 Å². The lowest BCUT2D eigenvalue weighted by molar-refractivity contribution is -0.0498. The van der Waals surface area contributed by atoms with Crippen molar-refractivity contribution in [1.82, 2.24) is 9.97 Å². The summed E-state index contributed by atoms with van der Waals surface area (Å²) in [6.07, 6.45) is 1.72. The van der Waals surface area contributed by atoms with Crippen LogP contribution in [0.3, 0.4) is 0 Å². The van der Waals surface area contributed by atoms with E-state index in [0.29, 0.717) is 0 Å². The molecule has 3 aromatic rings. The van der Waals surface area contributed by atoms with Gasteiger partial charge in [-0.2, -0.15) is 8.78 Å². The SMILES string of the molecule is Cc1sc(-c2ccccn2)nc1-c1ccc(OC(F)F)cc1. The summed E-state index contributed by atoms with van der Waals surface area (Å²) in [5.41, 5.74) is 2.51. The summed E-state index contributed by atoms with van der Waals surface area (Å²) in [4.78, 5) is 9.94. The Hall–Kier alpha value is -2.34. The van der Waals surface area contributed by atoms with Gasteiger partial charge in [-0.15, -0.1) is 11.3 Å². The number of thiazole rings is 1. The third kappa shape index (κ3) is 3.12. The predicted molar refractivity (Wildman–Crippen MR) is 82.2 cm³/mol. The number of pyridine rings is 1. The molecule has 3 rings (SSSR count). The average Bonchev–Trinajstić information content (AvgIpc) is 2.90. The van der Waals surface area contributed by atoms with E-state index in [1.807, 2.05) is 25.1 Å². The maximum atomic E-state index is 12.2. The summed E-state index contributed by atoms with van der Waals surface area (Å²) in [5.74, 6) is 0.136. The number of rotatable bonds is 4. The Morgan fingerprint density at radius 3 is 2.50 bits per heavy atom. The fourth-order valence-electron chi connectivity index (χ4n) is 2.06. The molecule has 112 valence electrons. The van der Waals surface area contributed by atoms with Crippen LogP contribution in [-0.2, 0) is 0 Å². The second kappa shape index (κ2) is 6.19. The lowest BCUT2D eigenvalue weighted by atomic mass is 10.1. The van der Waals surface area contributed by atoms with Crippen molar-refractivity contribution in [3.8, 4) is 27.7 Å². The summed E-state index contributed by atoms with van der Waals surface area (Å²) in [7, 11) is 0. The summed E-state index contributed by atoms with van der Waals surface area (Å²) in [5, 5.41) is 0.834. The number of hydrogen-bond donors (Lipinski definition) is 0. The molecule has 0 aliphatic rings. The Balaban J connectivity index is 1.91. The standard InChI is InChI=1S/C16H12F2N2OS/c1-10-14(11-5-7-12(8-6-11)21-16(17)18)20-15(22-10)13-4-2-3-9-19-13/h2-9,16H,1H3. The van der Waals surface area contributed by atoms with Crippen molar-refractivity contribution in [3.63, 3.8) is 0 Å². The van der Waals surface area contributed by atoms with Crippen molar-refractivity contribution in [2.75, 3.05) is 0 Å². The number of aryl methyl sites for hydroxylation is 1. The Labute approximate surface area is 130 Å². The molecule has 1 aromatic carbocycles. The van der Waals surface area contributed by atoms with E-state index in [2.05, 4.69) is 14.7 Å². The quantitative estimate of drug-likeness (QED) is 0.694. The number of alkyl halides is 2. The normalized spacial score (nSPS) is 10.9. The maximum Gasteiger partial charge on any atom is 0.387 e. The van der Waals surface area contributed by atoms with Crippen molar-refractivity contribution in [2.24, 2.45) is 0 Å². The van der Waals surface area contributed by atoms with Gasteiger partial charge in [-0.25, -0.2) is 4.98 Å². The fraction of sp³-hybridized carbons (Fsp3) is 0.125. The minimum Gasteiger partial charge on any atom is -0.435 e. The molecule has 0 N–H and O–H groups in total. The largest absolute Gasteiger partial charge is 0.435 e. The second-order valence-electron chi connectivity index (χ2n) is 4.54. The third-order valence-electron chi connectivity index (χ3n) is 3.03. The Bertz CT molecular complexity index is 758. The van der Waals surface area contributed by atoms with Gasteiger partial charge in [0.2, 0.25) is 0 Å². The van der Waals surface area contributed by atoms with Gasteiger partial charge in [0, 0.05) is 16.6 Å². The van der Waals surface area contributed by atoms with Crippen LogP contribution >= 0.6 is 11.3 Å². The molecule has 6 heteroatoms. The van der Waals surface area contributed by atoms with Gasteiger partial charge in [0.05, 0.1) is 11.4 Å². The molecule has 0 fully saturated rings. The molecule has 2 aromatic heterocycles. The zero-order valence-electron chi connectivity index (χ0n) is 11.7. The average molecular weight is 318 g/mol. The molecule has 0 aliphatic heterocycles. The number of hydrogen-bond acceptors (Lipinski definition) is 4. The third-order valence-corrected chi connectivity index (χ3v) is 4.03. The Morgan fingerprint density at radius 1 is 1.09 bits per heavy atom. The van der Waals surface area contributed by atoms with Crippen molar-refractivity contribution >= 4 is 11.3 Å². The summed E-state index contributed by atoms with van der Waals surface area (Å²) in [6, 6.07) is 12.1. The van der Waals surface area contributed by atoms with Gasteiger partial charge in [0.1, 0.15) is 10.8 Å². The van der Waals surface area contributed by atoms with Gasteiger partial charge in [-0.05, 0) is 43.3 Å². The summed E-state index contributed by atoms with van der Waals surface area (Å²) >= 11 is 1.55. The lowest BCUT2D eigenvalue weighted by Gasteiger charge is -2.05. The van der Waals surface area contributed by atoms with Crippen molar-refractivity contribution in [2.45, 2.75) is 13.5 Å². The summed E-state index contributed by atoms with van der Waals surface area (Å²) in [6.45, 7) is -0.842. The molecule has 0 atom stereocenters. The number of benzene rings is 1. The zero-order chi connectivity index (χ0) is 15.5. The van der Waals surface area contributed by atoms with Gasteiger partial charge in [0.25, 0.3) is 0 Å². The molecule has 0 saturated heterocycles. The Morgan fingerprint density at radius 2 is 1.86 bits per heavy atom. The number of aromatic nitrogens is 2. The van der Waals surface area contributed by atoms with Crippen LogP contribution in [0.15, 0.2) is 48.7 Å². The van der Waals surface area contributed by atoms with E-state index in [4.69, 9.17) is 0 Å². The van der Waals surface area contributed by atoms with Crippen molar-refractivity contribution < 1.29 is 13.5 Å². The smallest absolute Gasteiger partial charge is 0.387 e. The first-order valence-corrected chi connectivity index (χ1v) is 7.39. The molecule has 2 heterocycles. The molecule has 22 heavy (non-hydrogen) atoms. The molecule has 0 saturated carbocycles. The van der Waals surface area contributed by atoms with Gasteiger partial charge in [-0.1, -0.05) is 6.07 Å². The highest BCUT2D eigenvalue weighted by Gasteiger charge is 2.12. The molecular weight excluding hydrogens is 306 g/mol. The second-order valence-corrected chi connectivity index (χ2v) is 5.74. The van der Waals surface area contributed by atoms with Crippen LogP contribution in [0.2, 0.25) is 0 Å². The zero-order valence-corrected chi connectivity index (χ0v) is 12.5. The molecule has 0 unspecified atom stereocenters. The molecule has 0 amide bonds. The first-order chi connectivity index (χ1) is 10.6. The molecule has 0 radical (unpaired) electrons. The van der Waals surface area contributed by atoms with Crippen LogP contribution < -0.4 is 4.74 Å². The highest BCUT2D eigenvalue weighted by Crippen LogP contribution is 2.33. The molecule has 0 spiro atoms. The predicted octanol–water partition coefficient (Wildman–Crippen LogP) is 4.78. The van der Waals surface area contributed by atoms with E-state index < -0.39 is 6.61 Å². The topological polar surface area (TPSA) is 35.0 Å². The highest BCUT2D eigenvalue weighted by atomic mass is 32.1. The number of ether oxygens (including phenoxy) is 1. The van der Waals surface area contributed by atoms with Crippen LogP contribution in [0.4, 0.5) is 8.78 Å². The van der Waals surface area contributed by atoms with E-state index in [1.165, 1.54) is 12.1 Å². The summed E-state index contributed by atoms with van der Waals surface area (Å²) < 4.78 is 28.7. The molecule has 3 nitrogen and oxygen atoms in total. The van der Waals surface area contributed by atoms with E-state index in [-0.39, 0.29) is 5.75 Å². The van der Waals surface area contributed by atoms with Gasteiger partial charge in [-0.3, -0.25) is 4.98 Å². The van der Waals surface area contributed by atoms with Gasteiger partial charge in [0.15, 0.2) is 0 Å². The van der Waals surface area contributed by atoms with Crippen LogP contribution in [0.5, 0.6) is 5.75 Å². The van der Waals surface area contributed by atoms with Gasteiger partial charge < -0.3 is 4.74 Å². The van der Waals surface area contributed by atoms with E-state index >= 15 is 0 Å². The van der Waals surface area contributed by atoms with Crippen LogP contribution in [0.25, 0.3) is 22.0 Å². The van der Waals surface area contributed by atoms with Crippen molar-refractivity contribution in [1.29, 1.82) is 0 Å². The first-order valence-electron chi connectivity index (χ1n) is 6.57.